The van der Waals surface area contributed by atoms with Crippen molar-refractivity contribution in [2.45, 2.75) is 26.2 Å². The number of amides is 2. The second kappa shape index (κ2) is 10.7. The lowest BCUT2D eigenvalue weighted by molar-refractivity contribution is -0.144. The molecule has 0 saturated carbocycles. The standard InChI is InChI=1S/C26H27N3O5S/c1-16(2)12-29(13-24(31)32)23(30)11-17-15-35-25(27-17)28-26(33)34-14-22-20-9-5-3-7-18(20)19-8-4-6-10-21(19)22/h3-10,15-16,22H,11-14H2,1-2H3,(H,31,32)(H,27,28,33). The maximum Gasteiger partial charge on any atom is 0.413 e. The number of carboxylic acid groups (broad SMARTS) is 1. The highest BCUT2D eigenvalue weighted by Crippen LogP contribution is 2.44. The summed E-state index contributed by atoms with van der Waals surface area (Å²) in [5, 5.41) is 13.7. The van der Waals surface area contributed by atoms with Gasteiger partial charge in [0.2, 0.25) is 5.91 Å². The van der Waals surface area contributed by atoms with Crippen LogP contribution in [0.25, 0.3) is 11.1 Å². The smallest absolute Gasteiger partial charge is 0.413 e. The molecule has 2 aromatic carbocycles. The van der Waals surface area contributed by atoms with Crippen LogP contribution < -0.4 is 5.32 Å². The number of aliphatic carboxylic acids is 1. The molecule has 0 radical (unpaired) electrons. The van der Waals surface area contributed by atoms with E-state index < -0.39 is 12.1 Å². The molecule has 3 aromatic rings. The third-order valence-electron chi connectivity index (χ3n) is 5.70. The van der Waals surface area contributed by atoms with Crippen LogP contribution in [-0.2, 0) is 20.7 Å². The maximum absolute atomic E-state index is 12.6. The second-order valence-corrected chi connectivity index (χ2v) is 9.69. The number of carbonyl (C=O) groups excluding carboxylic acids is 2. The first-order chi connectivity index (χ1) is 16.8. The van der Waals surface area contributed by atoms with Gasteiger partial charge >= 0.3 is 12.1 Å². The van der Waals surface area contributed by atoms with Crippen LogP contribution in [0.5, 0.6) is 0 Å². The summed E-state index contributed by atoms with van der Waals surface area (Å²) in [7, 11) is 0. The summed E-state index contributed by atoms with van der Waals surface area (Å²) in [6.07, 6.45) is -0.658. The van der Waals surface area contributed by atoms with Gasteiger partial charge < -0.3 is 14.7 Å². The van der Waals surface area contributed by atoms with Gasteiger partial charge in [-0.2, -0.15) is 0 Å². The van der Waals surface area contributed by atoms with Gasteiger partial charge in [-0.1, -0.05) is 62.4 Å². The zero-order valence-electron chi connectivity index (χ0n) is 19.6. The van der Waals surface area contributed by atoms with E-state index in [2.05, 4.69) is 34.6 Å². The van der Waals surface area contributed by atoms with E-state index in [1.165, 1.54) is 16.2 Å². The maximum atomic E-state index is 12.6. The molecule has 0 spiro atoms. The molecule has 182 valence electrons. The van der Waals surface area contributed by atoms with E-state index in [-0.39, 0.29) is 37.3 Å². The molecule has 0 unspecified atom stereocenters. The summed E-state index contributed by atoms with van der Waals surface area (Å²) in [6, 6.07) is 16.2. The molecule has 1 heterocycles. The molecule has 8 nitrogen and oxygen atoms in total. The van der Waals surface area contributed by atoms with Gasteiger partial charge in [0.1, 0.15) is 13.2 Å². The molecule has 0 fully saturated rings. The predicted molar refractivity (Wildman–Crippen MR) is 134 cm³/mol. The largest absolute Gasteiger partial charge is 0.480 e. The van der Waals surface area contributed by atoms with Gasteiger partial charge in [0, 0.05) is 17.8 Å². The molecule has 0 atom stereocenters. The summed E-state index contributed by atoms with van der Waals surface area (Å²) in [4.78, 5) is 41.8. The first-order valence-corrected chi connectivity index (χ1v) is 12.3. The van der Waals surface area contributed by atoms with Crippen LogP contribution >= 0.6 is 11.3 Å². The van der Waals surface area contributed by atoms with E-state index in [0.29, 0.717) is 17.4 Å². The number of carboxylic acids is 1. The predicted octanol–water partition coefficient (Wildman–Crippen LogP) is 4.62. The number of fused-ring (bicyclic) bond motifs is 3. The highest BCUT2D eigenvalue weighted by atomic mass is 32.1. The van der Waals surface area contributed by atoms with Crippen LogP contribution in [-0.4, -0.2) is 52.7 Å². The van der Waals surface area contributed by atoms with Crippen molar-refractivity contribution in [2.75, 3.05) is 25.0 Å². The molecular formula is C26H27N3O5S. The third kappa shape index (κ3) is 5.86. The fourth-order valence-corrected chi connectivity index (χ4v) is 4.99. The van der Waals surface area contributed by atoms with Crippen molar-refractivity contribution in [3.05, 3.63) is 70.7 Å². The van der Waals surface area contributed by atoms with Crippen LogP contribution in [0.4, 0.5) is 9.93 Å². The van der Waals surface area contributed by atoms with E-state index in [9.17, 15) is 14.4 Å². The minimum Gasteiger partial charge on any atom is -0.480 e. The van der Waals surface area contributed by atoms with Crippen LogP contribution in [0.3, 0.4) is 0 Å². The van der Waals surface area contributed by atoms with Crippen molar-refractivity contribution < 1.29 is 24.2 Å². The van der Waals surface area contributed by atoms with Gasteiger partial charge in [0.05, 0.1) is 12.1 Å². The number of rotatable bonds is 9. The van der Waals surface area contributed by atoms with Gasteiger partial charge in [-0.05, 0) is 28.2 Å². The number of nitrogens with one attached hydrogen (secondary N) is 1. The van der Waals surface area contributed by atoms with E-state index in [0.717, 1.165) is 22.3 Å². The Labute approximate surface area is 207 Å². The van der Waals surface area contributed by atoms with Gasteiger partial charge in [-0.25, -0.2) is 9.78 Å². The summed E-state index contributed by atoms with van der Waals surface area (Å²) in [5.74, 6) is -1.28. The van der Waals surface area contributed by atoms with Gasteiger partial charge in [-0.3, -0.25) is 14.9 Å². The zero-order chi connectivity index (χ0) is 24.9. The Morgan fingerprint density at radius 3 is 2.31 bits per heavy atom. The summed E-state index contributed by atoms with van der Waals surface area (Å²) in [5.41, 5.74) is 5.03. The first-order valence-electron chi connectivity index (χ1n) is 11.4. The third-order valence-corrected chi connectivity index (χ3v) is 6.51. The SMILES string of the molecule is CC(C)CN(CC(=O)O)C(=O)Cc1csc(NC(=O)OCC2c3ccccc3-c3ccccc32)n1. The first kappa shape index (κ1) is 24.4. The summed E-state index contributed by atoms with van der Waals surface area (Å²) < 4.78 is 5.54. The quantitative estimate of drug-likeness (QED) is 0.450. The molecule has 4 rings (SSSR count). The van der Waals surface area contributed by atoms with Crippen molar-refractivity contribution in [1.82, 2.24) is 9.88 Å². The fraction of sp³-hybridized carbons (Fsp3) is 0.308. The monoisotopic (exact) mass is 493 g/mol. The molecular weight excluding hydrogens is 466 g/mol. The van der Waals surface area contributed by atoms with Gasteiger partial charge in [0.15, 0.2) is 5.13 Å². The molecule has 9 heteroatoms. The van der Waals surface area contributed by atoms with Crippen molar-refractivity contribution in [2.24, 2.45) is 5.92 Å². The Morgan fingerprint density at radius 1 is 1.09 bits per heavy atom. The highest BCUT2D eigenvalue weighted by Gasteiger charge is 2.29. The van der Waals surface area contributed by atoms with Crippen molar-refractivity contribution in [3.63, 3.8) is 0 Å². The molecule has 1 aromatic heterocycles. The Hall–Kier alpha value is -3.72. The lowest BCUT2D eigenvalue weighted by atomic mass is 9.98. The normalized spacial score (nSPS) is 12.2. The van der Waals surface area contributed by atoms with Crippen LogP contribution in [0, 0.1) is 5.92 Å². The Morgan fingerprint density at radius 2 is 1.71 bits per heavy atom. The number of carbonyl (C=O) groups is 3. The number of anilines is 1. The number of benzene rings is 2. The number of aromatic nitrogens is 1. The van der Waals surface area contributed by atoms with Crippen molar-refractivity contribution in [3.8, 4) is 11.1 Å². The number of hydrogen-bond acceptors (Lipinski definition) is 6. The van der Waals surface area contributed by atoms with Gasteiger partial charge in [0.25, 0.3) is 0 Å². The van der Waals surface area contributed by atoms with Crippen LogP contribution in [0.2, 0.25) is 0 Å². The number of ether oxygens (including phenoxy) is 1. The average molecular weight is 494 g/mol. The molecule has 2 N–H and O–H groups in total. The fourth-order valence-electron chi connectivity index (χ4n) is 4.29. The number of thiazole rings is 1. The van der Waals surface area contributed by atoms with Crippen molar-refractivity contribution >= 4 is 34.4 Å². The lowest BCUT2D eigenvalue weighted by Gasteiger charge is -2.22. The Bertz CT molecular complexity index is 1190. The van der Waals surface area contributed by atoms with Crippen molar-refractivity contribution in [1.29, 1.82) is 0 Å². The Balaban J connectivity index is 1.34. The summed E-state index contributed by atoms with van der Waals surface area (Å²) in [6.45, 7) is 4.02. The van der Waals surface area contributed by atoms with E-state index in [1.54, 1.807) is 5.38 Å². The molecule has 0 aliphatic heterocycles. The second-order valence-electron chi connectivity index (χ2n) is 8.83. The summed E-state index contributed by atoms with van der Waals surface area (Å²) >= 11 is 1.18. The van der Waals surface area contributed by atoms with Gasteiger partial charge in [-0.15, -0.1) is 11.3 Å². The highest BCUT2D eigenvalue weighted by molar-refractivity contribution is 7.13. The Kier molecular flexibility index (Phi) is 7.45. The van der Waals surface area contributed by atoms with E-state index in [1.807, 2.05) is 38.1 Å². The number of nitrogens with zero attached hydrogens (tertiary/aromatic N) is 2. The average Bonchev–Trinajstić information content (AvgIpc) is 3.38. The van der Waals surface area contributed by atoms with E-state index in [4.69, 9.17) is 9.84 Å². The molecule has 2 amide bonds. The lowest BCUT2D eigenvalue weighted by Crippen LogP contribution is -2.39. The number of hydrogen-bond donors (Lipinski definition) is 2. The molecule has 35 heavy (non-hydrogen) atoms. The van der Waals surface area contributed by atoms with Crippen LogP contribution in [0.15, 0.2) is 53.9 Å². The van der Waals surface area contributed by atoms with E-state index >= 15 is 0 Å². The van der Waals surface area contributed by atoms with Crippen LogP contribution in [0.1, 0.15) is 36.6 Å². The minimum absolute atomic E-state index is 0.0388. The molecule has 0 bridgehead atoms. The molecule has 1 aliphatic carbocycles. The minimum atomic E-state index is -1.06. The molecule has 0 saturated heterocycles. The molecule has 1 aliphatic rings. The zero-order valence-corrected chi connectivity index (χ0v) is 20.4. The topological polar surface area (TPSA) is 109 Å².